The van der Waals surface area contributed by atoms with E-state index >= 15 is 0 Å². The van der Waals surface area contributed by atoms with Gasteiger partial charge >= 0.3 is 5.97 Å². The highest BCUT2D eigenvalue weighted by molar-refractivity contribution is 9.09. The SMILES string of the molecule is COC(=O)C(=O)c1cn2c3c(cccc13)C(Br)CC2. The Labute approximate surface area is 118 Å². The summed E-state index contributed by atoms with van der Waals surface area (Å²) in [6, 6.07) is 5.83. The molecule has 0 fully saturated rings. The van der Waals surface area contributed by atoms with Gasteiger partial charge in [0.25, 0.3) is 5.78 Å². The monoisotopic (exact) mass is 321 g/mol. The predicted octanol–water partition coefficient (Wildman–Crippen LogP) is 2.84. The van der Waals surface area contributed by atoms with Crippen LogP contribution in [0.3, 0.4) is 0 Å². The van der Waals surface area contributed by atoms with Crippen molar-refractivity contribution in [3.8, 4) is 0 Å². The first-order valence-electron chi connectivity index (χ1n) is 6.02. The molecule has 1 aromatic carbocycles. The number of Topliss-reactive ketones (excluding diaryl/α,β-unsaturated/α-hetero) is 1. The molecule has 0 saturated carbocycles. The summed E-state index contributed by atoms with van der Waals surface area (Å²) in [5, 5.41) is 0.817. The predicted molar refractivity (Wildman–Crippen MR) is 74.6 cm³/mol. The van der Waals surface area contributed by atoms with E-state index < -0.39 is 11.8 Å². The van der Waals surface area contributed by atoms with Crippen LogP contribution in [0.1, 0.15) is 27.2 Å². The van der Waals surface area contributed by atoms with Crippen LogP contribution in [0.15, 0.2) is 24.4 Å². The van der Waals surface area contributed by atoms with Crippen molar-refractivity contribution < 1.29 is 14.3 Å². The van der Waals surface area contributed by atoms with Crippen LogP contribution in [0.5, 0.6) is 0 Å². The lowest BCUT2D eigenvalue weighted by molar-refractivity contribution is -0.135. The number of aromatic nitrogens is 1. The summed E-state index contributed by atoms with van der Waals surface area (Å²) in [4.78, 5) is 23.8. The smallest absolute Gasteiger partial charge is 0.379 e. The molecule has 19 heavy (non-hydrogen) atoms. The summed E-state index contributed by atoms with van der Waals surface area (Å²) in [6.45, 7) is 0.831. The number of aryl methyl sites for hydroxylation is 1. The summed E-state index contributed by atoms with van der Waals surface area (Å²) in [6.07, 6.45) is 2.72. The molecule has 0 spiro atoms. The van der Waals surface area contributed by atoms with Crippen molar-refractivity contribution >= 4 is 38.6 Å². The Hall–Kier alpha value is -1.62. The van der Waals surface area contributed by atoms with Crippen LogP contribution >= 0.6 is 15.9 Å². The summed E-state index contributed by atoms with van der Waals surface area (Å²) in [5.74, 6) is -1.41. The number of nitrogens with zero attached hydrogens (tertiary/aromatic N) is 1. The first-order valence-corrected chi connectivity index (χ1v) is 6.93. The first kappa shape index (κ1) is 12.4. The largest absolute Gasteiger partial charge is 0.463 e. The van der Waals surface area contributed by atoms with Crippen molar-refractivity contribution in [1.82, 2.24) is 4.57 Å². The van der Waals surface area contributed by atoms with Gasteiger partial charge in [0, 0.05) is 23.0 Å². The van der Waals surface area contributed by atoms with Crippen molar-refractivity contribution in [2.24, 2.45) is 0 Å². The molecule has 1 aromatic heterocycles. The Bertz CT molecular complexity index is 689. The molecule has 1 atom stereocenters. The molecule has 0 radical (unpaired) electrons. The number of rotatable bonds is 2. The molecular weight excluding hydrogens is 310 g/mol. The molecule has 2 heterocycles. The van der Waals surface area contributed by atoms with Gasteiger partial charge in [0.2, 0.25) is 0 Å². The molecule has 1 aliphatic heterocycles. The Morgan fingerprint density at radius 2 is 2.21 bits per heavy atom. The van der Waals surface area contributed by atoms with Crippen LogP contribution in [0.2, 0.25) is 0 Å². The van der Waals surface area contributed by atoms with Gasteiger partial charge in [-0.3, -0.25) is 4.79 Å². The van der Waals surface area contributed by atoms with E-state index in [1.807, 2.05) is 22.8 Å². The van der Waals surface area contributed by atoms with Gasteiger partial charge in [-0.05, 0) is 12.0 Å². The van der Waals surface area contributed by atoms with Crippen molar-refractivity contribution in [2.75, 3.05) is 7.11 Å². The molecule has 0 amide bonds. The number of alkyl halides is 1. The number of esters is 1. The summed E-state index contributed by atoms with van der Waals surface area (Å²) in [5.41, 5.74) is 2.61. The van der Waals surface area contributed by atoms with Crippen LogP contribution in [0.4, 0.5) is 0 Å². The third-order valence-corrected chi connectivity index (χ3v) is 4.46. The van der Waals surface area contributed by atoms with E-state index in [9.17, 15) is 9.59 Å². The normalized spacial score (nSPS) is 17.5. The maximum absolute atomic E-state index is 12.0. The molecule has 4 nitrogen and oxygen atoms in total. The Balaban J connectivity index is 2.25. The van der Waals surface area contributed by atoms with Gasteiger partial charge in [-0.1, -0.05) is 34.1 Å². The number of halogens is 1. The van der Waals surface area contributed by atoms with E-state index in [1.54, 1.807) is 6.20 Å². The fourth-order valence-corrected chi connectivity index (χ4v) is 3.18. The molecule has 0 N–H and O–H groups in total. The second-order valence-corrected chi connectivity index (χ2v) is 5.66. The Morgan fingerprint density at radius 1 is 1.42 bits per heavy atom. The number of ketones is 1. The lowest BCUT2D eigenvalue weighted by atomic mass is 10.0. The van der Waals surface area contributed by atoms with Crippen LogP contribution in [-0.2, 0) is 16.1 Å². The van der Waals surface area contributed by atoms with E-state index in [-0.39, 0.29) is 0 Å². The minimum atomic E-state index is -0.820. The van der Waals surface area contributed by atoms with Gasteiger partial charge in [0.05, 0.1) is 18.2 Å². The summed E-state index contributed by atoms with van der Waals surface area (Å²) in [7, 11) is 1.22. The lowest BCUT2D eigenvalue weighted by Gasteiger charge is -2.20. The number of ether oxygens (including phenoxy) is 1. The second kappa shape index (κ2) is 4.49. The number of carbonyl (C=O) groups excluding carboxylic acids is 2. The van der Waals surface area contributed by atoms with Crippen molar-refractivity contribution in [2.45, 2.75) is 17.8 Å². The van der Waals surface area contributed by atoms with Crippen molar-refractivity contribution in [3.05, 3.63) is 35.5 Å². The van der Waals surface area contributed by atoms with Crippen molar-refractivity contribution in [3.63, 3.8) is 0 Å². The number of benzene rings is 1. The number of hydrogen-bond donors (Lipinski definition) is 0. The van der Waals surface area contributed by atoms with Crippen molar-refractivity contribution in [1.29, 1.82) is 0 Å². The number of hydrogen-bond acceptors (Lipinski definition) is 3. The maximum Gasteiger partial charge on any atom is 0.379 e. The van der Waals surface area contributed by atoms with E-state index in [0.717, 1.165) is 29.4 Å². The van der Waals surface area contributed by atoms with Gasteiger partial charge < -0.3 is 9.30 Å². The number of methoxy groups -OCH3 is 1. The topological polar surface area (TPSA) is 48.3 Å². The fraction of sp³-hybridized carbons (Fsp3) is 0.286. The zero-order valence-electron chi connectivity index (χ0n) is 10.4. The zero-order valence-corrected chi connectivity index (χ0v) is 11.9. The van der Waals surface area contributed by atoms with Gasteiger partial charge in [-0.2, -0.15) is 0 Å². The highest BCUT2D eigenvalue weighted by atomic mass is 79.9. The Morgan fingerprint density at radius 3 is 2.95 bits per heavy atom. The van der Waals surface area contributed by atoms with E-state index in [0.29, 0.717) is 10.4 Å². The number of carbonyl (C=O) groups is 2. The number of para-hydroxylation sites is 1. The molecule has 1 aliphatic rings. The maximum atomic E-state index is 12.0. The summed E-state index contributed by atoms with van der Waals surface area (Å²) < 4.78 is 6.56. The Kier molecular flexibility index (Phi) is 2.93. The molecule has 0 bridgehead atoms. The molecule has 0 saturated heterocycles. The minimum absolute atomic E-state index is 0.291. The van der Waals surface area contributed by atoms with Gasteiger partial charge in [-0.25, -0.2) is 4.79 Å². The van der Waals surface area contributed by atoms with Crippen LogP contribution < -0.4 is 0 Å². The first-order chi connectivity index (χ1) is 9.13. The van der Waals surface area contributed by atoms with Crippen LogP contribution in [-0.4, -0.2) is 23.4 Å². The van der Waals surface area contributed by atoms with Crippen LogP contribution in [0, 0.1) is 0 Å². The third-order valence-electron chi connectivity index (χ3n) is 3.51. The quantitative estimate of drug-likeness (QED) is 0.370. The average molecular weight is 322 g/mol. The lowest BCUT2D eigenvalue weighted by Crippen LogP contribution is -2.15. The standard InChI is InChI=1S/C14H12BrNO3/c1-19-14(18)13(17)10-7-16-6-5-11(15)9-4-2-3-8(10)12(9)16/h2-4,7,11H,5-6H2,1H3. The van der Waals surface area contributed by atoms with Gasteiger partial charge in [-0.15, -0.1) is 0 Å². The van der Waals surface area contributed by atoms with E-state index in [4.69, 9.17) is 0 Å². The molecule has 3 rings (SSSR count). The zero-order chi connectivity index (χ0) is 13.6. The molecule has 5 heteroatoms. The average Bonchev–Trinajstić information content (AvgIpc) is 2.81. The van der Waals surface area contributed by atoms with Crippen LogP contribution in [0.25, 0.3) is 10.9 Å². The van der Waals surface area contributed by atoms with E-state index in [2.05, 4.69) is 20.7 Å². The molecule has 98 valence electrons. The fourth-order valence-electron chi connectivity index (χ4n) is 2.61. The molecule has 1 unspecified atom stereocenters. The van der Waals surface area contributed by atoms with E-state index in [1.165, 1.54) is 7.11 Å². The third kappa shape index (κ3) is 1.80. The van der Waals surface area contributed by atoms with Gasteiger partial charge in [0.1, 0.15) is 0 Å². The minimum Gasteiger partial charge on any atom is -0.463 e. The highest BCUT2D eigenvalue weighted by Gasteiger charge is 2.26. The summed E-state index contributed by atoms with van der Waals surface area (Å²) >= 11 is 3.65. The molecule has 2 aromatic rings. The van der Waals surface area contributed by atoms with Gasteiger partial charge in [0.15, 0.2) is 0 Å². The molecular formula is C14H12BrNO3. The highest BCUT2D eigenvalue weighted by Crippen LogP contribution is 2.38. The molecule has 0 aliphatic carbocycles. The second-order valence-electron chi connectivity index (χ2n) is 4.56.